The number of aliphatic hydroxyl groups is 1. The summed E-state index contributed by atoms with van der Waals surface area (Å²) >= 11 is 0. The lowest BCUT2D eigenvalue weighted by atomic mass is 9.96. The standard InChI is InChI=1S/C32H39N3O5/c1-20(2)24-9-6-7-23(14-24)17-33-18-29(37)27-15-22-11-12-28(36)26(13-22)16-25-8-4-5-10-30(25)40-19-31(38)34-21(3)32(39)35-27/h4-14,20-21,27,29,33,36-37H,15-19H2,1-3H3,(H,34,38)(H,35,39)/t21-,27-,29+/m0/s1. The summed E-state index contributed by atoms with van der Waals surface area (Å²) < 4.78 is 5.76. The molecular weight excluding hydrogens is 506 g/mol. The monoisotopic (exact) mass is 545 g/mol. The van der Waals surface area contributed by atoms with E-state index in [1.165, 1.54) is 5.56 Å². The number of nitrogens with one attached hydrogen (secondary N) is 3. The van der Waals surface area contributed by atoms with Crippen LogP contribution < -0.4 is 20.7 Å². The molecule has 3 atom stereocenters. The number of carbonyl (C=O) groups excluding carboxylic acids is 2. The zero-order valence-corrected chi connectivity index (χ0v) is 23.3. The predicted molar refractivity (Wildman–Crippen MR) is 154 cm³/mol. The van der Waals surface area contributed by atoms with Gasteiger partial charge in [0.1, 0.15) is 17.5 Å². The van der Waals surface area contributed by atoms with Crippen molar-refractivity contribution in [1.29, 1.82) is 0 Å². The molecule has 8 heteroatoms. The van der Waals surface area contributed by atoms with Crippen LogP contribution in [0.5, 0.6) is 11.5 Å². The maximum atomic E-state index is 13.0. The van der Waals surface area contributed by atoms with Crippen molar-refractivity contribution in [2.45, 2.75) is 64.3 Å². The van der Waals surface area contributed by atoms with E-state index in [9.17, 15) is 19.8 Å². The van der Waals surface area contributed by atoms with Gasteiger partial charge in [-0.05, 0) is 59.2 Å². The fraction of sp³-hybridized carbons (Fsp3) is 0.375. The smallest absolute Gasteiger partial charge is 0.258 e. The Labute approximate surface area is 235 Å². The van der Waals surface area contributed by atoms with Crippen molar-refractivity contribution in [2.75, 3.05) is 13.2 Å². The fourth-order valence-electron chi connectivity index (χ4n) is 4.81. The fourth-order valence-corrected chi connectivity index (χ4v) is 4.81. The maximum absolute atomic E-state index is 13.0. The van der Waals surface area contributed by atoms with Gasteiger partial charge in [-0.25, -0.2) is 0 Å². The summed E-state index contributed by atoms with van der Waals surface area (Å²) in [6.45, 7) is 6.48. The van der Waals surface area contributed by atoms with E-state index in [2.05, 4.69) is 41.9 Å². The van der Waals surface area contributed by atoms with E-state index >= 15 is 0 Å². The lowest BCUT2D eigenvalue weighted by molar-refractivity contribution is -0.130. The second kappa shape index (κ2) is 13.5. The quantitative estimate of drug-likeness (QED) is 0.325. The van der Waals surface area contributed by atoms with Crippen molar-refractivity contribution >= 4 is 11.8 Å². The lowest BCUT2D eigenvalue weighted by Gasteiger charge is -2.27. The first kappa shape index (κ1) is 29.1. The Bertz CT molecular complexity index is 1330. The molecule has 5 N–H and O–H groups in total. The average molecular weight is 546 g/mol. The van der Waals surface area contributed by atoms with Crippen LogP contribution in [0, 0.1) is 0 Å². The predicted octanol–water partition coefficient (Wildman–Crippen LogP) is 3.18. The Kier molecular flexibility index (Phi) is 9.79. The minimum atomic E-state index is -0.905. The number of phenolic OH excluding ortho intramolecular Hbond substituents is 1. The number of para-hydroxylation sites is 1. The minimum Gasteiger partial charge on any atom is -0.508 e. The van der Waals surface area contributed by atoms with Crippen molar-refractivity contribution < 1.29 is 24.5 Å². The van der Waals surface area contributed by atoms with E-state index in [4.69, 9.17) is 4.74 Å². The molecular formula is C32H39N3O5. The molecule has 0 spiro atoms. The second-order valence-corrected chi connectivity index (χ2v) is 10.7. The first-order valence-electron chi connectivity index (χ1n) is 13.8. The topological polar surface area (TPSA) is 120 Å². The largest absolute Gasteiger partial charge is 0.508 e. The van der Waals surface area contributed by atoms with Gasteiger partial charge in [0.05, 0.1) is 12.1 Å². The van der Waals surface area contributed by atoms with Gasteiger partial charge in [-0.1, -0.05) is 68.4 Å². The van der Waals surface area contributed by atoms with Crippen LogP contribution in [-0.4, -0.2) is 53.4 Å². The molecule has 3 aromatic carbocycles. The Morgan fingerprint density at radius 1 is 1.00 bits per heavy atom. The average Bonchev–Trinajstić information content (AvgIpc) is 2.93. The van der Waals surface area contributed by atoms with E-state index in [1.54, 1.807) is 25.1 Å². The molecule has 1 aliphatic rings. The molecule has 0 aromatic heterocycles. The highest BCUT2D eigenvalue weighted by molar-refractivity contribution is 5.88. The van der Waals surface area contributed by atoms with E-state index < -0.39 is 30.0 Å². The molecule has 0 unspecified atom stereocenters. The Hall–Kier alpha value is -3.88. The van der Waals surface area contributed by atoms with Gasteiger partial charge in [0, 0.05) is 19.5 Å². The Morgan fingerprint density at radius 3 is 2.60 bits per heavy atom. The first-order chi connectivity index (χ1) is 19.2. The number of carbonyl (C=O) groups is 2. The number of hydrogen-bond acceptors (Lipinski definition) is 6. The molecule has 8 nitrogen and oxygen atoms in total. The molecule has 0 aliphatic carbocycles. The number of rotatable bonds is 6. The summed E-state index contributed by atoms with van der Waals surface area (Å²) in [6, 6.07) is 19.5. The maximum Gasteiger partial charge on any atom is 0.258 e. The van der Waals surface area contributed by atoms with Crippen LogP contribution in [0.1, 0.15) is 54.5 Å². The van der Waals surface area contributed by atoms with Crippen molar-refractivity contribution in [3.63, 3.8) is 0 Å². The zero-order valence-electron chi connectivity index (χ0n) is 23.3. The number of aromatic hydroxyl groups is 1. The third kappa shape index (κ3) is 7.83. The summed E-state index contributed by atoms with van der Waals surface area (Å²) in [7, 11) is 0. The van der Waals surface area contributed by atoms with Crippen LogP contribution in [0.2, 0.25) is 0 Å². The Morgan fingerprint density at radius 2 is 1.80 bits per heavy atom. The van der Waals surface area contributed by atoms with Gasteiger partial charge in [0.25, 0.3) is 5.91 Å². The zero-order chi connectivity index (χ0) is 28.6. The summed E-state index contributed by atoms with van der Waals surface area (Å²) in [5.41, 5.74) is 4.73. The van der Waals surface area contributed by atoms with E-state index in [0.29, 0.717) is 36.6 Å². The van der Waals surface area contributed by atoms with Crippen molar-refractivity contribution in [2.24, 2.45) is 0 Å². The SMILES string of the molecule is CC(C)c1cccc(CNC[C@@H](O)[C@@H]2Cc3ccc(O)c(c3)Cc3ccccc3OCC(=O)N[C@@H](C)C(=O)N2)c1. The number of amides is 2. The van der Waals surface area contributed by atoms with Crippen LogP contribution in [0.3, 0.4) is 0 Å². The molecule has 0 saturated carbocycles. The molecule has 2 amide bonds. The van der Waals surface area contributed by atoms with E-state index in [0.717, 1.165) is 16.7 Å². The first-order valence-corrected chi connectivity index (χ1v) is 13.8. The van der Waals surface area contributed by atoms with Crippen molar-refractivity contribution in [1.82, 2.24) is 16.0 Å². The molecule has 0 radical (unpaired) electrons. The third-order valence-electron chi connectivity index (χ3n) is 7.17. The minimum absolute atomic E-state index is 0.140. The molecule has 40 heavy (non-hydrogen) atoms. The van der Waals surface area contributed by atoms with Crippen molar-refractivity contribution in [3.05, 3.63) is 94.5 Å². The highest BCUT2D eigenvalue weighted by Crippen LogP contribution is 2.27. The van der Waals surface area contributed by atoms with E-state index in [-0.39, 0.29) is 18.9 Å². The number of ether oxygens (including phenoxy) is 1. The molecule has 0 saturated heterocycles. The summed E-state index contributed by atoms with van der Waals surface area (Å²) in [6.07, 6.45) is -0.175. The van der Waals surface area contributed by atoms with Gasteiger partial charge in [0.15, 0.2) is 6.61 Å². The van der Waals surface area contributed by atoms with Gasteiger partial charge < -0.3 is 30.9 Å². The summed E-state index contributed by atoms with van der Waals surface area (Å²) in [4.78, 5) is 25.6. The summed E-state index contributed by atoms with van der Waals surface area (Å²) in [5.74, 6) is 0.260. The summed E-state index contributed by atoms with van der Waals surface area (Å²) in [5, 5.41) is 30.7. The molecule has 2 bridgehead atoms. The van der Waals surface area contributed by atoms with Crippen LogP contribution in [0.4, 0.5) is 0 Å². The molecule has 1 aliphatic heterocycles. The molecule has 3 aromatic rings. The molecule has 1 heterocycles. The van der Waals surface area contributed by atoms with Gasteiger partial charge in [0.2, 0.25) is 5.91 Å². The van der Waals surface area contributed by atoms with Gasteiger partial charge >= 0.3 is 0 Å². The van der Waals surface area contributed by atoms with Gasteiger partial charge in [-0.15, -0.1) is 0 Å². The van der Waals surface area contributed by atoms with Crippen LogP contribution in [0.25, 0.3) is 0 Å². The van der Waals surface area contributed by atoms with Gasteiger partial charge in [-0.3, -0.25) is 9.59 Å². The van der Waals surface area contributed by atoms with Crippen LogP contribution >= 0.6 is 0 Å². The van der Waals surface area contributed by atoms with E-state index in [1.807, 2.05) is 36.4 Å². The van der Waals surface area contributed by atoms with Crippen LogP contribution in [0.15, 0.2) is 66.7 Å². The second-order valence-electron chi connectivity index (χ2n) is 10.7. The van der Waals surface area contributed by atoms with Crippen LogP contribution in [-0.2, 0) is 29.0 Å². The molecule has 4 rings (SSSR count). The number of hydrogen-bond donors (Lipinski definition) is 5. The lowest BCUT2D eigenvalue weighted by Crippen LogP contribution is -2.54. The van der Waals surface area contributed by atoms with Gasteiger partial charge in [-0.2, -0.15) is 0 Å². The Balaban J connectivity index is 1.55. The van der Waals surface area contributed by atoms with Crippen molar-refractivity contribution in [3.8, 4) is 11.5 Å². The molecule has 0 fully saturated rings. The highest BCUT2D eigenvalue weighted by Gasteiger charge is 2.26. The third-order valence-corrected chi connectivity index (χ3v) is 7.17. The number of fused-ring (bicyclic) bond motifs is 3. The number of aliphatic hydroxyl groups excluding tert-OH is 1. The molecule has 212 valence electrons. The highest BCUT2D eigenvalue weighted by atomic mass is 16.5. The normalized spacial score (nSPS) is 18.9. The number of phenols is 1. The number of benzene rings is 3.